The number of nitriles is 1. The number of nitrogens with zero attached hydrogens (tertiary/aromatic N) is 3. The van der Waals surface area contributed by atoms with Crippen LogP contribution in [-0.4, -0.2) is 28.4 Å². The van der Waals surface area contributed by atoms with Crippen molar-refractivity contribution in [2.24, 2.45) is 0 Å². The monoisotopic (exact) mass is 375 g/mol. The Morgan fingerprint density at radius 2 is 1.75 bits per heavy atom. The van der Waals surface area contributed by atoms with E-state index in [4.69, 9.17) is 10.00 Å². The molecule has 0 fully saturated rings. The molecule has 8 heteroatoms. The van der Waals surface area contributed by atoms with Crippen LogP contribution in [0.2, 0.25) is 0 Å². The van der Waals surface area contributed by atoms with Gasteiger partial charge in [-0.2, -0.15) is 5.26 Å². The summed E-state index contributed by atoms with van der Waals surface area (Å²) >= 11 is 0. The van der Waals surface area contributed by atoms with Crippen molar-refractivity contribution in [3.63, 3.8) is 0 Å². The van der Waals surface area contributed by atoms with Crippen LogP contribution in [0, 0.1) is 25.2 Å². The maximum atomic E-state index is 12.3. The number of carbonyl (C=O) groups is 2. The Hall–Kier alpha value is -3.99. The van der Waals surface area contributed by atoms with E-state index in [0.717, 1.165) is 11.4 Å². The molecule has 0 saturated heterocycles. The number of hydrogen-bond donors (Lipinski definition) is 2. The van der Waals surface area contributed by atoms with Gasteiger partial charge in [0.05, 0.1) is 28.0 Å². The van der Waals surface area contributed by atoms with Crippen LogP contribution < -0.4 is 15.6 Å². The minimum absolute atomic E-state index is 0.297. The predicted octanol–water partition coefficient (Wildman–Crippen LogP) is 1.96. The average molecular weight is 375 g/mol. The molecule has 0 aliphatic rings. The summed E-state index contributed by atoms with van der Waals surface area (Å²) in [5.74, 6) is -0.758. The van der Waals surface area contributed by atoms with Crippen LogP contribution in [0.1, 0.15) is 27.3 Å². The Bertz CT molecular complexity index is 1100. The normalized spacial score (nSPS) is 10.2. The van der Waals surface area contributed by atoms with Crippen LogP contribution in [0.3, 0.4) is 0 Å². The van der Waals surface area contributed by atoms with Gasteiger partial charge in [-0.05, 0) is 44.2 Å². The maximum Gasteiger partial charge on any atom is 0.276 e. The number of benzene rings is 2. The van der Waals surface area contributed by atoms with Gasteiger partial charge in [0.15, 0.2) is 6.61 Å². The lowest BCUT2D eigenvalue weighted by Gasteiger charge is -2.10. The first-order valence-electron chi connectivity index (χ1n) is 8.44. The number of hydrazine groups is 1. The molecule has 140 valence electrons. The van der Waals surface area contributed by atoms with E-state index < -0.39 is 11.8 Å². The number of aryl methyl sites for hydroxylation is 2. The second kappa shape index (κ2) is 8.14. The van der Waals surface area contributed by atoms with Gasteiger partial charge in [-0.25, -0.2) is 9.97 Å². The fourth-order valence-corrected chi connectivity index (χ4v) is 2.43. The first-order valence-corrected chi connectivity index (χ1v) is 8.44. The van der Waals surface area contributed by atoms with Crippen molar-refractivity contribution in [3.05, 3.63) is 65.0 Å². The Balaban J connectivity index is 1.59. The number of fused-ring (bicyclic) bond motifs is 1. The van der Waals surface area contributed by atoms with Crippen molar-refractivity contribution >= 4 is 22.8 Å². The topological polar surface area (TPSA) is 117 Å². The quantitative estimate of drug-likeness (QED) is 0.673. The summed E-state index contributed by atoms with van der Waals surface area (Å²) in [5.41, 5.74) is 8.15. The van der Waals surface area contributed by atoms with Gasteiger partial charge in [0.2, 0.25) is 0 Å². The lowest BCUT2D eigenvalue weighted by molar-refractivity contribution is -0.123. The van der Waals surface area contributed by atoms with Gasteiger partial charge in [0.1, 0.15) is 11.8 Å². The lowest BCUT2D eigenvalue weighted by atomic mass is 10.1. The third-order valence-corrected chi connectivity index (χ3v) is 4.02. The second-order valence-electron chi connectivity index (χ2n) is 6.00. The number of carbonyl (C=O) groups excluding carboxylic acids is 2. The first kappa shape index (κ1) is 18.8. The maximum absolute atomic E-state index is 12.3. The summed E-state index contributed by atoms with van der Waals surface area (Å²) in [6.07, 6.45) is 0. The Kier molecular flexibility index (Phi) is 5.46. The molecule has 0 atom stereocenters. The molecule has 2 aromatic carbocycles. The molecule has 1 heterocycles. The van der Waals surface area contributed by atoms with Crippen molar-refractivity contribution < 1.29 is 14.3 Å². The molecule has 0 saturated carbocycles. The molecule has 8 nitrogen and oxygen atoms in total. The number of rotatable bonds is 4. The Labute approximate surface area is 161 Å². The number of hydrogen-bond acceptors (Lipinski definition) is 6. The molecule has 2 N–H and O–H groups in total. The van der Waals surface area contributed by atoms with Gasteiger partial charge >= 0.3 is 0 Å². The van der Waals surface area contributed by atoms with Gasteiger partial charge in [0, 0.05) is 5.56 Å². The van der Waals surface area contributed by atoms with Gasteiger partial charge in [-0.3, -0.25) is 20.4 Å². The van der Waals surface area contributed by atoms with Gasteiger partial charge in [-0.1, -0.05) is 12.1 Å². The first-order chi connectivity index (χ1) is 13.5. The van der Waals surface area contributed by atoms with Crippen LogP contribution in [-0.2, 0) is 4.79 Å². The molecule has 0 aliphatic heterocycles. The summed E-state index contributed by atoms with van der Waals surface area (Å²) in [6, 6.07) is 13.5. The lowest BCUT2D eigenvalue weighted by Crippen LogP contribution is -2.43. The summed E-state index contributed by atoms with van der Waals surface area (Å²) < 4.78 is 5.31. The van der Waals surface area contributed by atoms with Crippen molar-refractivity contribution in [1.29, 1.82) is 5.26 Å². The Morgan fingerprint density at radius 1 is 1.04 bits per heavy atom. The number of para-hydroxylation sites is 1. The van der Waals surface area contributed by atoms with E-state index in [-0.39, 0.29) is 6.61 Å². The molecule has 2 amide bonds. The zero-order valence-corrected chi connectivity index (χ0v) is 15.3. The Morgan fingerprint density at radius 3 is 2.50 bits per heavy atom. The van der Waals surface area contributed by atoms with Gasteiger partial charge in [-0.15, -0.1) is 0 Å². The highest BCUT2D eigenvalue weighted by Gasteiger charge is 2.11. The highest BCUT2D eigenvalue weighted by atomic mass is 16.5. The van der Waals surface area contributed by atoms with E-state index in [1.807, 2.05) is 19.9 Å². The molecule has 0 unspecified atom stereocenters. The number of amides is 2. The van der Waals surface area contributed by atoms with E-state index in [2.05, 4.69) is 20.8 Å². The standard InChI is InChI=1S/C20H17N5O3/c1-12-13(2)23-17-9-14(7-8-16(17)22-12)20(27)25-24-19(26)11-28-18-6-4-3-5-15(18)10-21/h3-9H,11H2,1-2H3,(H,24,26)(H,25,27). The third-order valence-electron chi connectivity index (χ3n) is 4.02. The van der Waals surface area contributed by atoms with E-state index in [1.165, 1.54) is 0 Å². The third kappa shape index (κ3) is 4.22. The second-order valence-corrected chi connectivity index (χ2v) is 6.00. The van der Waals surface area contributed by atoms with E-state index in [1.54, 1.807) is 42.5 Å². The molecule has 0 bridgehead atoms. The molecule has 0 spiro atoms. The molecular weight excluding hydrogens is 358 g/mol. The summed E-state index contributed by atoms with van der Waals surface area (Å²) in [6.45, 7) is 3.37. The highest BCUT2D eigenvalue weighted by Crippen LogP contribution is 2.16. The SMILES string of the molecule is Cc1nc2ccc(C(=O)NNC(=O)COc3ccccc3C#N)cc2nc1C. The van der Waals surface area contributed by atoms with Crippen molar-refractivity contribution in [3.8, 4) is 11.8 Å². The minimum atomic E-state index is -0.562. The smallest absolute Gasteiger partial charge is 0.276 e. The van der Waals surface area contributed by atoms with Crippen LogP contribution in [0.25, 0.3) is 11.0 Å². The fourth-order valence-electron chi connectivity index (χ4n) is 2.43. The van der Waals surface area contributed by atoms with Crippen LogP contribution in [0.5, 0.6) is 5.75 Å². The van der Waals surface area contributed by atoms with Gasteiger partial charge < -0.3 is 4.74 Å². The number of nitrogens with one attached hydrogen (secondary N) is 2. The van der Waals surface area contributed by atoms with Crippen molar-refractivity contribution in [2.45, 2.75) is 13.8 Å². The number of aromatic nitrogens is 2. The van der Waals surface area contributed by atoms with Crippen molar-refractivity contribution in [2.75, 3.05) is 6.61 Å². The molecule has 0 aliphatic carbocycles. The van der Waals surface area contributed by atoms with Crippen LogP contribution in [0.4, 0.5) is 0 Å². The molecule has 0 radical (unpaired) electrons. The van der Waals surface area contributed by atoms with E-state index in [0.29, 0.717) is 27.9 Å². The van der Waals surface area contributed by atoms with E-state index in [9.17, 15) is 9.59 Å². The zero-order chi connectivity index (χ0) is 20.1. The summed E-state index contributed by atoms with van der Waals surface area (Å²) in [4.78, 5) is 33.0. The average Bonchev–Trinajstić information content (AvgIpc) is 2.71. The fraction of sp³-hybridized carbons (Fsp3) is 0.150. The molecular formula is C20H17N5O3. The minimum Gasteiger partial charge on any atom is -0.482 e. The summed E-state index contributed by atoms with van der Waals surface area (Å²) in [7, 11) is 0. The molecule has 3 rings (SSSR count). The van der Waals surface area contributed by atoms with Crippen LogP contribution in [0.15, 0.2) is 42.5 Å². The molecule has 28 heavy (non-hydrogen) atoms. The molecule has 3 aromatic rings. The predicted molar refractivity (Wildman–Crippen MR) is 101 cm³/mol. The zero-order valence-electron chi connectivity index (χ0n) is 15.3. The van der Waals surface area contributed by atoms with Crippen molar-refractivity contribution in [1.82, 2.24) is 20.8 Å². The highest BCUT2D eigenvalue weighted by molar-refractivity contribution is 5.98. The summed E-state index contributed by atoms with van der Waals surface area (Å²) in [5, 5.41) is 9.00. The largest absolute Gasteiger partial charge is 0.482 e. The van der Waals surface area contributed by atoms with Gasteiger partial charge in [0.25, 0.3) is 11.8 Å². The van der Waals surface area contributed by atoms with Crippen LogP contribution >= 0.6 is 0 Å². The van der Waals surface area contributed by atoms with E-state index >= 15 is 0 Å². The number of ether oxygens (including phenoxy) is 1. The molecule has 1 aromatic heterocycles.